The molecule has 0 unspecified atom stereocenters. The van der Waals surface area contributed by atoms with Crippen molar-refractivity contribution in [1.82, 2.24) is 0 Å². The first-order chi connectivity index (χ1) is 9.77. The van der Waals surface area contributed by atoms with E-state index in [1.54, 1.807) is 0 Å². The average molecular weight is 333 g/mol. The van der Waals surface area contributed by atoms with Gasteiger partial charge in [-0.2, -0.15) is 0 Å². The second-order valence-electron chi connectivity index (χ2n) is 4.78. The van der Waals surface area contributed by atoms with Crippen LogP contribution in [0, 0.1) is 0 Å². The van der Waals surface area contributed by atoms with Crippen LogP contribution < -0.4 is 10.6 Å². The highest BCUT2D eigenvalue weighted by molar-refractivity contribution is 9.10. The Labute approximate surface area is 129 Å². The Kier molecular flexibility index (Phi) is 5.62. The summed E-state index contributed by atoms with van der Waals surface area (Å²) < 4.78 is 1.08. The van der Waals surface area contributed by atoms with Crippen molar-refractivity contribution in [2.45, 2.75) is 26.3 Å². The van der Waals surface area contributed by atoms with Crippen molar-refractivity contribution in [3.05, 3.63) is 58.6 Å². The normalized spacial score (nSPS) is 10.6. The molecule has 0 atom stereocenters. The molecule has 2 rings (SSSR count). The number of hydrogen-bond donors (Lipinski definition) is 1. The lowest BCUT2D eigenvalue weighted by molar-refractivity contribution is 0.782. The summed E-state index contributed by atoms with van der Waals surface area (Å²) in [6, 6.07) is 16.8. The zero-order valence-electron chi connectivity index (χ0n) is 11.8. The summed E-state index contributed by atoms with van der Waals surface area (Å²) in [7, 11) is 0. The lowest BCUT2D eigenvalue weighted by atomic mass is 10.1. The number of anilines is 2. The minimum atomic E-state index is 0.534. The summed E-state index contributed by atoms with van der Waals surface area (Å²) in [6.07, 6.45) is 2.33. The lowest BCUT2D eigenvalue weighted by Gasteiger charge is -2.27. The molecule has 0 bridgehead atoms. The monoisotopic (exact) mass is 332 g/mol. The van der Waals surface area contributed by atoms with E-state index in [0.717, 1.165) is 23.0 Å². The van der Waals surface area contributed by atoms with E-state index in [1.165, 1.54) is 17.8 Å². The predicted molar refractivity (Wildman–Crippen MR) is 90.4 cm³/mol. The van der Waals surface area contributed by atoms with Crippen LogP contribution in [-0.4, -0.2) is 6.54 Å². The number of benzene rings is 2. The molecular weight excluding hydrogens is 312 g/mol. The zero-order valence-corrected chi connectivity index (χ0v) is 13.4. The summed E-state index contributed by atoms with van der Waals surface area (Å²) >= 11 is 3.61. The molecule has 0 aromatic heterocycles. The molecule has 2 nitrogen and oxygen atoms in total. The minimum Gasteiger partial charge on any atom is -0.341 e. The molecular formula is C17H21BrN2. The standard InChI is InChI=1S/C17H21BrN2/c1-2-3-12-20(14-8-5-4-6-9-14)17-11-7-10-16(18)15(17)13-19/h4-11H,2-3,12-13,19H2,1H3. The molecule has 20 heavy (non-hydrogen) atoms. The van der Waals surface area contributed by atoms with E-state index in [1.807, 2.05) is 6.07 Å². The number of halogens is 1. The third-order valence-electron chi connectivity index (χ3n) is 3.39. The number of unbranched alkanes of at least 4 members (excludes halogenated alkanes) is 1. The molecule has 2 aromatic carbocycles. The van der Waals surface area contributed by atoms with Crippen molar-refractivity contribution in [2.75, 3.05) is 11.4 Å². The van der Waals surface area contributed by atoms with Gasteiger partial charge in [0, 0.05) is 34.5 Å². The van der Waals surface area contributed by atoms with Gasteiger partial charge in [-0.25, -0.2) is 0 Å². The molecule has 0 aliphatic heterocycles. The summed E-state index contributed by atoms with van der Waals surface area (Å²) in [5.41, 5.74) is 9.51. The Morgan fingerprint density at radius 2 is 1.80 bits per heavy atom. The summed E-state index contributed by atoms with van der Waals surface area (Å²) in [6.45, 7) is 3.75. The molecule has 0 radical (unpaired) electrons. The van der Waals surface area contributed by atoms with Gasteiger partial charge in [-0.15, -0.1) is 0 Å². The van der Waals surface area contributed by atoms with E-state index in [4.69, 9.17) is 5.73 Å². The molecule has 2 N–H and O–H groups in total. The van der Waals surface area contributed by atoms with Crippen molar-refractivity contribution >= 4 is 27.3 Å². The Bertz CT molecular complexity index is 540. The van der Waals surface area contributed by atoms with Crippen LogP contribution in [0.15, 0.2) is 53.0 Å². The topological polar surface area (TPSA) is 29.3 Å². The second-order valence-corrected chi connectivity index (χ2v) is 5.64. The SMILES string of the molecule is CCCCN(c1ccccc1)c1cccc(Br)c1CN. The number of para-hydroxylation sites is 1. The van der Waals surface area contributed by atoms with Crippen molar-refractivity contribution in [3.63, 3.8) is 0 Å². The first-order valence-corrected chi connectivity index (χ1v) is 7.87. The van der Waals surface area contributed by atoms with E-state index in [0.29, 0.717) is 6.54 Å². The number of hydrogen-bond acceptors (Lipinski definition) is 2. The van der Waals surface area contributed by atoms with Crippen LogP contribution in [0.2, 0.25) is 0 Å². The van der Waals surface area contributed by atoms with Crippen molar-refractivity contribution in [3.8, 4) is 0 Å². The van der Waals surface area contributed by atoms with Crippen LogP contribution in [0.5, 0.6) is 0 Å². The fourth-order valence-electron chi connectivity index (χ4n) is 2.32. The molecule has 0 aliphatic rings. The van der Waals surface area contributed by atoms with Gasteiger partial charge < -0.3 is 10.6 Å². The van der Waals surface area contributed by atoms with Gasteiger partial charge in [0.25, 0.3) is 0 Å². The third-order valence-corrected chi connectivity index (χ3v) is 4.14. The van der Waals surface area contributed by atoms with Crippen LogP contribution >= 0.6 is 15.9 Å². The van der Waals surface area contributed by atoms with Gasteiger partial charge in [-0.05, 0) is 30.7 Å². The molecule has 0 amide bonds. The van der Waals surface area contributed by atoms with Gasteiger partial charge in [-0.3, -0.25) is 0 Å². The van der Waals surface area contributed by atoms with E-state index in [2.05, 4.69) is 70.2 Å². The molecule has 0 saturated heterocycles. The first kappa shape index (κ1) is 15.1. The lowest BCUT2D eigenvalue weighted by Crippen LogP contribution is -2.20. The van der Waals surface area contributed by atoms with Crippen molar-refractivity contribution in [2.24, 2.45) is 5.73 Å². The third kappa shape index (κ3) is 3.41. The second kappa shape index (κ2) is 7.46. The number of rotatable bonds is 6. The van der Waals surface area contributed by atoms with Gasteiger partial charge in [0.1, 0.15) is 0 Å². The van der Waals surface area contributed by atoms with Gasteiger partial charge in [0.2, 0.25) is 0 Å². The van der Waals surface area contributed by atoms with Crippen LogP contribution in [0.25, 0.3) is 0 Å². The van der Waals surface area contributed by atoms with E-state index in [9.17, 15) is 0 Å². The fourth-order valence-corrected chi connectivity index (χ4v) is 2.83. The molecule has 0 spiro atoms. The summed E-state index contributed by atoms with van der Waals surface area (Å²) in [4.78, 5) is 2.36. The van der Waals surface area contributed by atoms with Crippen LogP contribution in [-0.2, 0) is 6.54 Å². The van der Waals surface area contributed by atoms with Gasteiger partial charge in [-0.1, -0.05) is 53.5 Å². The van der Waals surface area contributed by atoms with Crippen LogP contribution in [0.4, 0.5) is 11.4 Å². The first-order valence-electron chi connectivity index (χ1n) is 7.08. The maximum absolute atomic E-state index is 5.94. The molecule has 106 valence electrons. The maximum Gasteiger partial charge on any atom is 0.0467 e. The molecule has 3 heteroatoms. The van der Waals surface area contributed by atoms with E-state index < -0.39 is 0 Å². The molecule has 2 aromatic rings. The Hall–Kier alpha value is -1.32. The summed E-state index contributed by atoms with van der Waals surface area (Å²) in [5, 5.41) is 0. The highest BCUT2D eigenvalue weighted by Crippen LogP contribution is 2.32. The molecule has 0 aliphatic carbocycles. The minimum absolute atomic E-state index is 0.534. The summed E-state index contributed by atoms with van der Waals surface area (Å²) in [5.74, 6) is 0. The zero-order chi connectivity index (χ0) is 14.4. The highest BCUT2D eigenvalue weighted by atomic mass is 79.9. The number of nitrogens with zero attached hydrogens (tertiary/aromatic N) is 1. The smallest absolute Gasteiger partial charge is 0.0467 e. The largest absolute Gasteiger partial charge is 0.341 e. The number of nitrogens with two attached hydrogens (primary N) is 1. The maximum atomic E-state index is 5.94. The van der Waals surface area contributed by atoms with Gasteiger partial charge >= 0.3 is 0 Å². The van der Waals surface area contributed by atoms with Crippen LogP contribution in [0.1, 0.15) is 25.3 Å². The predicted octanol–water partition coefficient (Wildman–Crippen LogP) is 4.85. The molecule has 0 heterocycles. The van der Waals surface area contributed by atoms with Crippen molar-refractivity contribution < 1.29 is 0 Å². The van der Waals surface area contributed by atoms with E-state index in [-0.39, 0.29) is 0 Å². The quantitative estimate of drug-likeness (QED) is 0.819. The van der Waals surface area contributed by atoms with E-state index >= 15 is 0 Å². The Balaban J connectivity index is 2.44. The Morgan fingerprint density at radius 1 is 1.05 bits per heavy atom. The highest BCUT2D eigenvalue weighted by Gasteiger charge is 2.13. The van der Waals surface area contributed by atoms with Gasteiger partial charge in [0.15, 0.2) is 0 Å². The Morgan fingerprint density at radius 3 is 2.45 bits per heavy atom. The van der Waals surface area contributed by atoms with Gasteiger partial charge in [0.05, 0.1) is 0 Å². The molecule has 0 fully saturated rings. The average Bonchev–Trinajstić information content (AvgIpc) is 2.49. The van der Waals surface area contributed by atoms with Crippen LogP contribution in [0.3, 0.4) is 0 Å². The van der Waals surface area contributed by atoms with Crippen molar-refractivity contribution in [1.29, 1.82) is 0 Å². The molecule has 0 saturated carbocycles. The fraction of sp³-hybridized carbons (Fsp3) is 0.294.